The van der Waals surface area contributed by atoms with Crippen LogP contribution >= 0.6 is 0 Å². The van der Waals surface area contributed by atoms with Crippen LogP contribution in [0, 0.1) is 11.7 Å². The first-order valence-corrected chi connectivity index (χ1v) is 5.30. The van der Waals surface area contributed by atoms with Crippen molar-refractivity contribution in [3.8, 4) is 5.75 Å². The molecular formula is C12H14FNO4. The molecule has 0 saturated carbocycles. The highest BCUT2D eigenvalue weighted by Gasteiger charge is 2.14. The molecule has 1 aromatic rings. The van der Waals surface area contributed by atoms with Gasteiger partial charge in [-0.25, -0.2) is 4.39 Å². The van der Waals surface area contributed by atoms with Gasteiger partial charge in [-0.3, -0.25) is 9.59 Å². The zero-order chi connectivity index (χ0) is 13.7. The highest BCUT2D eigenvalue weighted by atomic mass is 19.1. The summed E-state index contributed by atoms with van der Waals surface area (Å²) < 4.78 is 17.9. The molecule has 18 heavy (non-hydrogen) atoms. The predicted octanol–water partition coefficient (Wildman–Crippen LogP) is 1.28. The van der Waals surface area contributed by atoms with Gasteiger partial charge in [-0.05, 0) is 18.2 Å². The molecule has 0 fully saturated rings. The number of carboxylic acid groups (broad SMARTS) is 1. The number of hydrogen-bond acceptors (Lipinski definition) is 3. The summed E-state index contributed by atoms with van der Waals surface area (Å²) >= 11 is 0. The van der Waals surface area contributed by atoms with E-state index in [1.165, 1.54) is 26.2 Å². The second-order valence-corrected chi connectivity index (χ2v) is 3.80. The second kappa shape index (κ2) is 6.00. The van der Waals surface area contributed by atoms with Gasteiger partial charge in [0.25, 0.3) is 5.91 Å². The lowest BCUT2D eigenvalue weighted by Gasteiger charge is -2.09. The van der Waals surface area contributed by atoms with Crippen LogP contribution in [-0.2, 0) is 4.79 Å². The molecule has 5 nitrogen and oxygen atoms in total. The number of amides is 1. The predicted molar refractivity (Wildman–Crippen MR) is 62.1 cm³/mol. The van der Waals surface area contributed by atoms with Crippen molar-refractivity contribution in [1.82, 2.24) is 5.32 Å². The van der Waals surface area contributed by atoms with E-state index in [4.69, 9.17) is 9.84 Å². The molecule has 1 unspecified atom stereocenters. The summed E-state index contributed by atoms with van der Waals surface area (Å²) in [4.78, 5) is 22.2. The average Bonchev–Trinajstić information content (AvgIpc) is 2.35. The monoisotopic (exact) mass is 255 g/mol. The fraction of sp³-hybridized carbons (Fsp3) is 0.333. The van der Waals surface area contributed by atoms with E-state index in [0.717, 1.165) is 6.07 Å². The van der Waals surface area contributed by atoms with Crippen molar-refractivity contribution in [3.05, 3.63) is 29.6 Å². The van der Waals surface area contributed by atoms with Crippen molar-refractivity contribution in [2.45, 2.75) is 6.92 Å². The largest absolute Gasteiger partial charge is 0.494 e. The number of halogens is 1. The van der Waals surface area contributed by atoms with Crippen LogP contribution in [-0.4, -0.2) is 30.6 Å². The number of ether oxygens (including phenoxy) is 1. The maximum Gasteiger partial charge on any atom is 0.308 e. The number of nitrogens with one attached hydrogen (secondary N) is 1. The quantitative estimate of drug-likeness (QED) is 0.831. The number of carbonyl (C=O) groups excluding carboxylic acids is 1. The summed E-state index contributed by atoms with van der Waals surface area (Å²) in [5.41, 5.74) is 0.214. The molecule has 0 aliphatic heterocycles. The minimum atomic E-state index is -0.994. The minimum Gasteiger partial charge on any atom is -0.494 e. The zero-order valence-corrected chi connectivity index (χ0v) is 10.1. The van der Waals surface area contributed by atoms with Gasteiger partial charge in [0.15, 0.2) is 11.6 Å². The molecule has 0 saturated heterocycles. The lowest BCUT2D eigenvalue weighted by molar-refractivity contribution is -0.140. The van der Waals surface area contributed by atoms with Crippen molar-refractivity contribution in [1.29, 1.82) is 0 Å². The summed E-state index contributed by atoms with van der Waals surface area (Å²) in [6, 6.07) is 3.68. The van der Waals surface area contributed by atoms with E-state index in [1.807, 2.05) is 0 Å². The van der Waals surface area contributed by atoms with Gasteiger partial charge in [0.2, 0.25) is 0 Å². The third-order valence-corrected chi connectivity index (χ3v) is 2.40. The van der Waals surface area contributed by atoms with Crippen molar-refractivity contribution in [3.63, 3.8) is 0 Å². The molecule has 6 heteroatoms. The molecule has 0 radical (unpaired) electrons. The molecule has 2 N–H and O–H groups in total. The van der Waals surface area contributed by atoms with Gasteiger partial charge in [-0.2, -0.15) is 0 Å². The number of rotatable bonds is 5. The Bertz CT molecular complexity index is 461. The molecule has 1 aromatic carbocycles. The number of benzene rings is 1. The maximum atomic E-state index is 13.1. The highest BCUT2D eigenvalue weighted by Crippen LogP contribution is 2.18. The summed E-state index contributed by atoms with van der Waals surface area (Å²) in [5, 5.41) is 11.1. The van der Waals surface area contributed by atoms with Crippen LogP contribution < -0.4 is 10.1 Å². The van der Waals surface area contributed by atoms with Gasteiger partial charge in [0.05, 0.1) is 13.0 Å². The topological polar surface area (TPSA) is 75.6 Å². The summed E-state index contributed by atoms with van der Waals surface area (Å²) in [6.07, 6.45) is 0. The van der Waals surface area contributed by atoms with Gasteiger partial charge >= 0.3 is 5.97 Å². The lowest BCUT2D eigenvalue weighted by Crippen LogP contribution is -2.31. The van der Waals surface area contributed by atoms with Gasteiger partial charge in [0.1, 0.15) is 0 Å². The van der Waals surface area contributed by atoms with E-state index >= 15 is 0 Å². The van der Waals surface area contributed by atoms with Crippen LogP contribution in [0.25, 0.3) is 0 Å². The summed E-state index contributed by atoms with van der Waals surface area (Å²) in [5.74, 6) is -2.74. The van der Waals surface area contributed by atoms with Gasteiger partial charge in [-0.15, -0.1) is 0 Å². The number of hydrogen-bond donors (Lipinski definition) is 2. The fourth-order valence-corrected chi connectivity index (χ4v) is 1.24. The molecule has 0 aliphatic carbocycles. The first-order valence-electron chi connectivity index (χ1n) is 5.30. The molecule has 0 bridgehead atoms. The summed E-state index contributed by atoms with van der Waals surface area (Å²) in [6.45, 7) is 1.49. The van der Waals surface area contributed by atoms with Crippen molar-refractivity contribution in [2.75, 3.05) is 13.7 Å². The lowest BCUT2D eigenvalue weighted by atomic mass is 10.1. The van der Waals surface area contributed by atoms with E-state index in [0.29, 0.717) is 0 Å². The Kier molecular flexibility index (Phi) is 4.65. The Labute approximate surface area is 104 Å². The van der Waals surface area contributed by atoms with E-state index in [9.17, 15) is 14.0 Å². The van der Waals surface area contributed by atoms with Crippen molar-refractivity contribution >= 4 is 11.9 Å². The molecule has 0 heterocycles. The Balaban J connectivity index is 2.70. The van der Waals surface area contributed by atoms with Crippen molar-refractivity contribution in [2.24, 2.45) is 5.92 Å². The molecule has 98 valence electrons. The SMILES string of the molecule is COc1cc(C(=O)NCC(C)C(=O)O)ccc1F. The van der Waals surface area contributed by atoms with E-state index in [1.54, 1.807) is 0 Å². The van der Waals surface area contributed by atoms with Gasteiger partial charge < -0.3 is 15.2 Å². The number of carbonyl (C=O) groups is 2. The van der Waals surface area contributed by atoms with Crippen LogP contribution in [0.3, 0.4) is 0 Å². The molecule has 1 amide bonds. The first kappa shape index (κ1) is 14.0. The summed E-state index contributed by atoms with van der Waals surface area (Å²) in [7, 11) is 1.30. The second-order valence-electron chi connectivity index (χ2n) is 3.80. The maximum absolute atomic E-state index is 13.1. The fourth-order valence-electron chi connectivity index (χ4n) is 1.24. The smallest absolute Gasteiger partial charge is 0.308 e. The molecule has 0 spiro atoms. The molecule has 0 aromatic heterocycles. The van der Waals surface area contributed by atoms with E-state index < -0.39 is 23.6 Å². The van der Waals surface area contributed by atoms with Crippen LogP contribution in [0.4, 0.5) is 4.39 Å². The average molecular weight is 255 g/mol. The number of aliphatic carboxylic acids is 1. The van der Waals surface area contributed by atoms with E-state index in [2.05, 4.69) is 5.32 Å². The minimum absolute atomic E-state index is 0.00780. The third kappa shape index (κ3) is 3.44. The van der Waals surface area contributed by atoms with Crippen LogP contribution in [0.1, 0.15) is 17.3 Å². The Morgan fingerprint density at radius 1 is 1.50 bits per heavy atom. The highest BCUT2D eigenvalue weighted by molar-refractivity contribution is 5.94. The third-order valence-electron chi connectivity index (χ3n) is 2.40. The van der Waals surface area contributed by atoms with Crippen LogP contribution in [0.5, 0.6) is 5.75 Å². The van der Waals surface area contributed by atoms with Crippen molar-refractivity contribution < 1.29 is 23.8 Å². The van der Waals surface area contributed by atoms with Crippen LogP contribution in [0.15, 0.2) is 18.2 Å². The molecular weight excluding hydrogens is 241 g/mol. The number of carboxylic acids is 1. The van der Waals surface area contributed by atoms with E-state index in [-0.39, 0.29) is 17.9 Å². The van der Waals surface area contributed by atoms with Crippen LogP contribution in [0.2, 0.25) is 0 Å². The zero-order valence-electron chi connectivity index (χ0n) is 10.1. The Morgan fingerprint density at radius 3 is 2.72 bits per heavy atom. The molecule has 1 atom stereocenters. The normalized spacial score (nSPS) is 11.7. The Morgan fingerprint density at radius 2 is 2.17 bits per heavy atom. The van der Waals surface area contributed by atoms with Gasteiger partial charge in [0, 0.05) is 12.1 Å². The van der Waals surface area contributed by atoms with Gasteiger partial charge in [-0.1, -0.05) is 6.92 Å². The number of methoxy groups -OCH3 is 1. The standard InChI is InChI=1S/C12H14FNO4/c1-7(12(16)17)6-14-11(15)8-3-4-9(13)10(5-8)18-2/h3-5,7H,6H2,1-2H3,(H,14,15)(H,16,17). The first-order chi connectivity index (χ1) is 8.45. The Hall–Kier alpha value is -2.11. The molecule has 0 aliphatic rings. The molecule has 1 rings (SSSR count).